The highest BCUT2D eigenvalue weighted by molar-refractivity contribution is 7.80. The van der Waals surface area contributed by atoms with Crippen LogP contribution in [0.25, 0.3) is 0 Å². The first kappa shape index (κ1) is 13.6. The molecular formula is C13H18ClN3S. The zero-order chi connectivity index (χ0) is 13.1. The summed E-state index contributed by atoms with van der Waals surface area (Å²) in [6.07, 6.45) is 1.17. The lowest BCUT2D eigenvalue weighted by atomic mass is 10.2. The largest absolute Gasteiger partial charge is 0.389 e. The second-order valence-electron chi connectivity index (χ2n) is 4.67. The van der Waals surface area contributed by atoms with E-state index in [-0.39, 0.29) is 0 Å². The number of nitrogens with two attached hydrogens (primary N) is 1. The van der Waals surface area contributed by atoms with Crippen molar-refractivity contribution >= 4 is 34.5 Å². The number of hydrogen-bond donors (Lipinski definition) is 1. The van der Waals surface area contributed by atoms with Crippen molar-refractivity contribution in [3.05, 3.63) is 28.8 Å². The fraction of sp³-hybridized carbons (Fsp3) is 0.462. The molecule has 5 heteroatoms. The van der Waals surface area contributed by atoms with Crippen molar-refractivity contribution in [3.63, 3.8) is 0 Å². The van der Waals surface area contributed by atoms with Crippen LogP contribution in [0.15, 0.2) is 18.2 Å². The summed E-state index contributed by atoms with van der Waals surface area (Å²) in [5.74, 6) is 0. The fourth-order valence-corrected chi connectivity index (χ4v) is 2.72. The minimum absolute atomic E-state index is 0.349. The Kier molecular flexibility index (Phi) is 4.43. The zero-order valence-corrected chi connectivity index (χ0v) is 12.1. The molecule has 1 aromatic rings. The maximum absolute atomic E-state index is 6.21. The third kappa shape index (κ3) is 3.13. The average Bonchev–Trinajstić information content (AvgIpc) is 2.53. The molecule has 3 nitrogen and oxygen atoms in total. The Labute approximate surface area is 119 Å². The number of thiocarbonyl (C=S) groups is 1. The summed E-state index contributed by atoms with van der Waals surface area (Å²) in [6.45, 7) is 4.32. The number of nitrogens with zero attached hydrogens (tertiary/aromatic N) is 2. The van der Waals surface area contributed by atoms with Gasteiger partial charge in [0.15, 0.2) is 0 Å². The normalized spacial score (nSPS) is 17.6. The Balaban J connectivity index is 2.18. The lowest BCUT2D eigenvalue weighted by molar-refractivity contribution is 0.360. The Morgan fingerprint density at radius 1 is 1.28 bits per heavy atom. The van der Waals surface area contributed by atoms with Crippen LogP contribution in [-0.4, -0.2) is 43.1 Å². The Morgan fingerprint density at radius 3 is 2.72 bits per heavy atom. The topological polar surface area (TPSA) is 32.5 Å². The zero-order valence-electron chi connectivity index (χ0n) is 10.5. The van der Waals surface area contributed by atoms with Gasteiger partial charge in [-0.1, -0.05) is 23.8 Å². The fourth-order valence-electron chi connectivity index (χ4n) is 2.21. The van der Waals surface area contributed by atoms with Crippen molar-refractivity contribution in [3.8, 4) is 0 Å². The Morgan fingerprint density at radius 2 is 2.06 bits per heavy atom. The molecule has 1 aliphatic rings. The molecule has 1 saturated heterocycles. The number of halogens is 1. The van der Waals surface area contributed by atoms with E-state index in [1.807, 2.05) is 18.2 Å². The summed E-state index contributed by atoms with van der Waals surface area (Å²) in [4.78, 5) is 5.06. The lowest BCUT2D eigenvalue weighted by Crippen LogP contribution is -2.28. The van der Waals surface area contributed by atoms with Gasteiger partial charge in [0.2, 0.25) is 0 Å². The molecule has 2 rings (SSSR count). The van der Waals surface area contributed by atoms with Crippen molar-refractivity contribution in [1.82, 2.24) is 4.90 Å². The molecule has 18 heavy (non-hydrogen) atoms. The summed E-state index contributed by atoms with van der Waals surface area (Å²) < 4.78 is 0. The van der Waals surface area contributed by atoms with Crippen LogP contribution < -0.4 is 10.6 Å². The van der Waals surface area contributed by atoms with Gasteiger partial charge >= 0.3 is 0 Å². The van der Waals surface area contributed by atoms with Crippen molar-refractivity contribution in [2.45, 2.75) is 6.42 Å². The molecule has 1 fully saturated rings. The van der Waals surface area contributed by atoms with Gasteiger partial charge in [0.1, 0.15) is 4.99 Å². The monoisotopic (exact) mass is 283 g/mol. The lowest BCUT2D eigenvalue weighted by Gasteiger charge is -2.23. The number of likely N-dealkylation sites (N-methyl/N-ethyl adjacent to an activating group) is 1. The number of benzene rings is 1. The van der Waals surface area contributed by atoms with Crippen LogP contribution in [-0.2, 0) is 0 Å². The van der Waals surface area contributed by atoms with Gasteiger partial charge in [-0.25, -0.2) is 0 Å². The first-order valence-corrected chi connectivity index (χ1v) is 6.89. The summed E-state index contributed by atoms with van der Waals surface area (Å²) in [5.41, 5.74) is 7.51. The highest BCUT2D eigenvalue weighted by atomic mass is 35.5. The SMILES string of the molecule is CN1CCCN(c2ccc(C(N)=S)c(Cl)c2)CC1. The maximum Gasteiger partial charge on any atom is 0.105 e. The van der Waals surface area contributed by atoms with E-state index < -0.39 is 0 Å². The second kappa shape index (κ2) is 5.87. The van der Waals surface area contributed by atoms with E-state index in [1.54, 1.807) is 0 Å². The molecule has 2 N–H and O–H groups in total. The molecule has 1 heterocycles. The quantitative estimate of drug-likeness (QED) is 0.843. The van der Waals surface area contributed by atoms with Crippen LogP contribution in [0.2, 0.25) is 5.02 Å². The van der Waals surface area contributed by atoms with E-state index in [0.717, 1.165) is 37.4 Å². The van der Waals surface area contributed by atoms with Gasteiger partial charge in [-0.2, -0.15) is 0 Å². The molecule has 0 atom stereocenters. The van der Waals surface area contributed by atoms with Gasteiger partial charge in [-0.3, -0.25) is 0 Å². The second-order valence-corrected chi connectivity index (χ2v) is 5.52. The smallest absolute Gasteiger partial charge is 0.105 e. The Bertz CT molecular complexity index is 450. The molecule has 0 spiro atoms. The number of anilines is 1. The van der Waals surface area contributed by atoms with E-state index in [9.17, 15) is 0 Å². The van der Waals surface area contributed by atoms with Crippen molar-refractivity contribution in [2.24, 2.45) is 5.73 Å². The van der Waals surface area contributed by atoms with Crippen LogP contribution in [0, 0.1) is 0 Å². The molecule has 0 aliphatic carbocycles. The minimum Gasteiger partial charge on any atom is -0.389 e. The van der Waals surface area contributed by atoms with Crippen molar-refractivity contribution in [2.75, 3.05) is 38.1 Å². The summed E-state index contributed by atoms with van der Waals surface area (Å²) in [5, 5.41) is 0.637. The highest BCUT2D eigenvalue weighted by Crippen LogP contribution is 2.24. The van der Waals surface area contributed by atoms with Gasteiger partial charge in [0.05, 0.1) is 5.02 Å². The van der Waals surface area contributed by atoms with E-state index in [4.69, 9.17) is 29.6 Å². The third-order valence-corrected chi connectivity index (χ3v) is 3.84. The predicted octanol–water partition coefficient (Wildman–Crippen LogP) is 2.12. The summed E-state index contributed by atoms with van der Waals surface area (Å²) in [6, 6.07) is 5.92. The van der Waals surface area contributed by atoms with Crippen molar-refractivity contribution in [1.29, 1.82) is 0 Å². The molecule has 0 radical (unpaired) electrons. The number of rotatable bonds is 2. The van der Waals surface area contributed by atoms with E-state index >= 15 is 0 Å². The van der Waals surface area contributed by atoms with E-state index in [1.165, 1.54) is 6.42 Å². The molecule has 0 unspecified atom stereocenters. The maximum atomic E-state index is 6.21. The third-order valence-electron chi connectivity index (χ3n) is 3.30. The van der Waals surface area contributed by atoms with Crippen LogP contribution in [0.4, 0.5) is 5.69 Å². The van der Waals surface area contributed by atoms with Crippen LogP contribution in [0.1, 0.15) is 12.0 Å². The molecule has 0 saturated carbocycles. The first-order chi connectivity index (χ1) is 8.58. The molecular weight excluding hydrogens is 266 g/mol. The summed E-state index contributed by atoms with van der Waals surface area (Å²) >= 11 is 11.2. The van der Waals surface area contributed by atoms with Crippen LogP contribution in [0.5, 0.6) is 0 Å². The molecule has 0 bridgehead atoms. The van der Waals surface area contributed by atoms with Gasteiger partial charge in [0, 0.05) is 30.9 Å². The van der Waals surface area contributed by atoms with Crippen molar-refractivity contribution < 1.29 is 0 Å². The van der Waals surface area contributed by atoms with E-state index in [0.29, 0.717) is 10.0 Å². The Hall–Kier alpha value is -0.840. The first-order valence-electron chi connectivity index (χ1n) is 6.11. The average molecular weight is 284 g/mol. The molecule has 98 valence electrons. The van der Waals surface area contributed by atoms with Gasteiger partial charge < -0.3 is 15.5 Å². The van der Waals surface area contributed by atoms with E-state index in [2.05, 4.69) is 16.8 Å². The van der Waals surface area contributed by atoms with Gasteiger partial charge in [0.25, 0.3) is 0 Å². The summed E-state index contributed by atoms with van der Waals surface area (Å²) in [7, 11) is 2.16. The molecule has 1 aliphatic heterocycles. The molecule has 0 amide bonds. The predicted molar refractivity (Wildman–Crippen MR) is 81.7 cm³/mol. The minimum atomic E-state index is 0.349. The molecule has 0 aromatic heterocycles. The molecule has 1 aromatic carbocycles. The highest BCUT2D eigenvalue weighted by Gasteiger charge is 2.14. The van der Waals surface area contributed by atoms with Crippen LogP contribution in [0.3, 0.4) is 0 Å². The number of hydrogen-bond acceptors (Lipinski definition) is 3. The standard InChI is InChI=1S/C13H18ClN3S/c1-16-5-2-6-17(8-7-16)10-3-4-11(13(15)18)12(14)9-10/h3-4,9H,2,5-8H2,1H3,(H2,15,18). The van der Waals surface area contributed by atoms with Gasteiger partial charge in [-0.05, 0) is 38.2 Å². The van der Waals surface area contributed by atoms with Gasteiger partial charge in [-0.15, -0.1) is 0 Å². The van der Waals surface area contributed by atoms with Crippen LogP contribution >= 0.6 is 23.8 Å².